The zero-order valence-corrected chi connectivity index (χ0v) is 26.8. The van der Waals surface area contributed by atoms with Gasteiger partial charge < -0.3 is 31.0 Å². The molecular formula is C32H41N7O4S. The van der Waals surface area contributed by atoms with E-state index >= 15 is 0 Å². The summed E-state index contributed by atoms with van der Waals surface area (Å²) in [5, 5.41) is 12.9. The number of ether oxygens (including phenoxy) is 1. The molecule has 0 radical (unpaired) electrons. The maximum Gasteiger partial charge on any atom is 0.236 e. The Morgan fingerprint density at radius 2 is 1.80 bits per heavy atom. The molecule has 3 heterocycles. The van der Waals surface area contributed by atoms with Crippen LogP contribution in [0.5, 0.6) is 5.75 Å². The Balaban J connectivity index is 1.48. The van der Waals surface area contributed by atoms with Crippen molar-refractivity contribution in [2.24, 2.45) is 0 Å². The summed E-state index contributed by atoms with van der Waals surface area (Å²) in [6.45, 7) is 10.1. The van der Waals surface area contributed by atoms with Gasteiger partial charge in [0.2, 0.25) is 11.9 Å². The number of hydrogen-bond donors (Lipinski definition) is 5. The standard InChI is InChI=1S/C32H41N7O4S/c1-18(2)43-27-16-23(21-11-12-25(35-17-21)31(40)33-6)20(5)15-26(27)37-32-38-29-22(13-14-34-29)30(39-32)36-24-9-7-8-10-28(24)44(41,42)19(3)4/h7-10,13-16,18-19,21,25,35H,11-12,17H2,1-6H3,(H,33,40)(H3,34,36,37,38,39). The molecule has 4 aromatic rings. The van der Waals surface area contributed by atoms with Crippen molar-refractivity contribution in [3.05, 3.63) is 59.8 Å². The molecule has 0 saturated carbocycles. The SMILES string of the molecule is CNC(=O)C1CCC(c2cc(OC(C)C)c(Nc3nc(Nc4ccccc4S(=O)(=O)C(C)C)c4cc[nH]c4n3)cc2C)CN1. The Kier molecular flexibility index (Phi) is 9.12. The number of rotatable bonds is 10. The number of benzene rings is 2. The Morgan fingerprint density at radius 3 is 2.48 bits per heavy atom. The fourth-order valence-corrected chi connectivity index (χ4v) is 6.73. The molecule has 5 rings (SSSR count). The summed E-state index contributed by atoms with van der Waals surface area (Å²) in [4.78, 5) is 24.9. The Labute approximate surface area is 258 Å². The lowest BCUT2D eigenvalue weighted by Gasteiger charge is -2.30. The Bertz CT molecular complexity index is 1760. The van der Waals surface area contributed by atoms with Gasteiger partial charge in [0.25, 0.3) is 0 Å². The van der Waals surface area contributed by atoms with Gasteiger partial charge in [-0.15, -0.1) is 0 Å². The number of carbonyl (C=O) groups excluding carboxylic acids is 1. The van der Waals surface area contributed by atoms with E-state index in [0.29, 0.717) is 41.1 Å². The summed E-state index contributed by atoms with van der Waals surface area (Å²) < 4.78 is 32.5. The highest BCUT2D eigenvalue weighted by Gasteiger charge is 2.28. The molecule has 2 aromatic carbocycles. The smallest absolute Gasteiger partial charge is 0.236 e. The lowest BCUT2D eigenvalue weighted by atomic mass is 9.86. The predicted molar refractivity (Wildman–Crippen MR) is 174 cm³/mol. The summed E-state index contributed by atoms with van der Waals surface area (Å²) in [5.74, 6) is 1.71. The van der Waals surface area contributed by atoms with Crippen LogP contribution in [-0.2, 0) is 14.6 Å². The normalized spacial score (nSPS) is 17.2. The van der Waals surface area contributed by atoms with E-state index in [1.807, 2.05) is 26.0 Å². The van der Waals surface area contributed by atoms with Gasteiger partial charge in [-0.2, -0.15) is 9.97 Å². The molecule has 1 aliphatic heterocycles. The zero-order chi connectivity index (χ0) is 31.6. The summed E-state index contributed by atoms with van der Waals surface area (Å²) in [5.41, 5.74) is 4.00. The van der Waals surface area contributed by atoms with E-state index in [1.165, 1.54) is 5.56 Å². The highest BCUT2D eigenvalue weighted by molar-refractivity contribution is 7.92. The maximum atomic E-state index is 13.1. The fraction of sp³-hybridized carbons (Fsp3) is 0.406. The number of fused-ring (bicyclic) bond motifs is 1. The van der Waals surface area contributed by atoms with Gasteiger partial charge in [-0.3, -0.25) is 4.79 Å². The third kappa shape index (κ3) is 6.51. The number of amides is 1. The number of aromatic nitrogens is 3. The number of aryl methyl sites for hydroxylation is 1. The second-order valence-electron chi connectivity index (χ2n) is 11.7. The van der Waals surface area contributed by atoms with Gasteiger partial charge in [0.15, 0.2) is 9.84 Å². The van der Waals surface area contributed by atoms with Crippen LogP contribution in [0.4, 0.5) is 23.1 Å². The Hall–Kier alpha value is -4.16. The molecule has 0 bridgehead atoms. The van der Waals surface area contributed by atoms with Crippen LogP contribution in [0.15, 0.2) is 53.6 Å². The van der Waals surface area contributed by atoms with E-state index in [4.69, 9.17) is 9.72 Å². The first-order valence-electron chi connectivity index (χ1n) is 15.0. The molecule has 1 saturated heterocycles. The number of hydrogen-bond acceptors (Lipinski definition) is 9. The highest BCUT2D eigenvalue weighted by atomic mass is 32.2. The third-order valence-electron chi connectivity index (χ3n) is 7.88. The van der Waals surface area contributed by atoms with Crippen LogP contribution in [0.25, 0.3) is 11.0 Å². The number of H-pyrrole nitrogens is 1. The molecule has 234 valence electrons. The molecule has 44 heavy (non-hydrogen) atoms. The van der Waals surface area contributed by atoms with Gasteiger partial charge in [-0.1, -0.05) is 12.1 Å². The number of carbonyl (C=O) groups is 1. The van der Waals surface area contributed by atoms with Crippen molar-refractivity contribution in [1.29, 1.82) is 0 Å². The maximum absolute atomic E-state index is 13.1. The van der Waals surface area contributed by atoms with Crippen LogP contribution in [0.3, 0.4) is 0 Å². The molecule has 2 atom stereocenters. The van der Waals surface area contributed by atoms with E-state index < -0.39 is 15.1 Å². The van der Waals surface area contributed by atoms with Crippen molar-refractivity contribution in [2.75, 3.05) is 24.2 Å². The van der Waals surface area contributed by atoms with Crippen molar-refractivity contribution in [1.82, 2.24) is 25.6 Å². The minimum atomic E-state index is -3.54. The number of likely N-dealkylation sites (N-methyl/N-ethyl adjacent to an activating group) is 1. The number of piperidine rings is 1. The van der Waals surface area contributed by atoms with Gasteiger partial charge in [0, 0.05) is 19.8 Å². The van der Waals surface area contributed by atoms with Crippen molar-refractivity contribution in [3.63, 3.8) is 0 Å². The average molecular weight is 620 g/mol. The molecule has 2 aromatic heterocycles. The van der Waals surface area contributed by atoms with E-state index in [-0.39, 0.29) is 28.9 Å². The second-order valence-corrected chi connectivity index (χ2v) is 14.2. The summed E-state index contributed by atoms with van der Waals surface area (Å²) in [6, 6.07) is 12.6. The number of aromatic amines is 1. The number of nitrogens with one attached hydrogen (secondary N) is 5. The van der Waals surface area contributed by atoms with E-state index in [2.05, 4.69) is 44.2 Å². The van der Waals surface area contributed by atoms with Gasteiger partial charge in [-0.05, 0) is 94.8 Å². The first kappa shape index (κ1) is 31.3. The first-order chi connectivity index (χ1) is 21.0. The molecule has 1 fully saturated rings. The van der Waals surface area contributed by atoms with Crippen molar-refractivity contribution in [3.8, 4) is 5.75 Å². The average Bonchev–Trinajstić information content (AvgIpc) is 3.47. The summed E-state index contributed by atoms with van der Waals surface area (Å²) in [6.07, 6.45) is 3.34. The van der Waals surface area contributed by atoms with Crippen LogP contribution in [-0.4, -0.2) is 60.3 Å². The van der Waals surface area contributed by atoms with Crippen molar-refractivity contribution >= 4 is 49.9 Å². The van der Waals surface area contributed by atoms with Crippen LogP contribution in [0.1, 0.15) is 57.6 Å². The molecule has 5 N–H and O–H groups in total. The fourth-order valence-electron chi connectivity index (χ4n) is 5.53. The lowest BCUT2D eigenvalue weighted by Crippen LogP contribution is -2.47. The molecule has 1 amide bonds. The number of anilines is 4. The molecule has 12 heteroatoms. The number of sulfone groups is 1. The minimum absolute atomic E-state index is 0.0153. The monoisotopic (exact) mass is 619 g/mol. The summed E-state index contributed by atoms with van der Waals surface area (Å²) in [7, 11) is -1.88. The van der Waals surface area contributed by atoms with Gasteiger partial charge >= 0.3 is 0 Å². The van der Waals surface area contributed by atoms with E-state index in [1.54, 1.807) is 51.4 Å². The minimum Gasteiger partial charge on any atom is -0.489 e. The predicted octanol–water partition coefficient (Wildman–Crippen LogP) is 5.30. The third-order valence-corrected chi connectivity index (χ3v) is 10.1. The molecule has 0 aliphatic carbocycles. The zero-order valence-electron chi connectivity index (χ0n) is 26.0. The second kappa shape index (κ2) is 12.8. The van der Waals surface area contributed by atoms with Crippen LogP contribution in [0.2, 0.25) is 0 Å². The van der Waals surface area contributed by atoms with Crippen LogP contribution >= 0.6 is 0 Å². The lowest BCUT2D eigenvalue weighted by molar-refractivity contribution is -0.123. The molecule has 0 spiro atoms. The summed E-state index contributed by atoms with van der Waals surface area (Å²) >= 11 is 0. The van der Waals surface area contributed by atoms with Crippen molar-refractivity contribution < 1.29 is 17.9 Å². The number of nitrogens with zero attached hydrogens (tertiary/aromatic N) is 2. The number of para-hydroxylation sites is 1. The topological polar surface area (TPSA) is 150 Å². The van der Waals surface area contributed by atoms with Crippen LogP contribution < -0.4 is 26.0 Å². The van der Waals surface area contributed by atoms with Gasteiger partial charge in [0.1, 0.15) is 17.2 Å². The largest absolute Gasteiger partial charge is 0.489 e. The van der Waals surface area contributed by atoms with E-state index in [9.17, 15) is 13.2 Å². The van der Waals surface area contributed by atoms with Gasteiger partial charge in [-0.25, -0.2) is 8.42 Å². The van der Waals surface area contributed by atoms with E-state index in [0.717, 1.165) is 23.8 Å². The molecule has 1 aliphatic rings. The molecular weight excluding hydrogens is 578 g/mol. The molecule has 2 unspecified atom stereocenters. The van der Waals surface area contributed by atoms with Crippen LogP contribution in [0, 0.1) is 6.92 Å². The van der Waals surface area contributed by atoms with Gasteiger partial charge in [0.05, 0.1) is 39.1 Å². The van der Waals surface area contributed by atoms with Crippen molar-refractivity contribution in [2.45, 2.75) is 75.7 Å². The first-order valence-corrected chi connectivity index (χ1v) is 16.5. The quantitative estimate of drug-likeness (QED) is 0.159. The Morgan fingerprint density at radius 1 is 1.02 bits per heavy atom. The highest BCUT2D eigenvalue weighted by Crippen LogP contribution is 2.38. The molecule has 11 nitrogen and oxygen atoms in total.